The SMILES string of the molecule is COc1ccc(Br)cc1/C=N\NC(=O)/C(=C\c1cccs1)NC(=O)c1ccccc1. The summed E-state index contributed by atoms with van der Waals surface area (Å²) in [6, 6.07) is 17.8. The first-order valence-corrected chi connectivity index (χ1v) is 10.5. The average Bonchev–Trinajstić information content (AvgIpc) is 3.27. The predicted molar refractivity (Wildman–Crippen MR) is 123 cm³/mol. The minimum atomic E-state index is -0.544. The number of nitrogens with zero attached hydrogens (tertiary/aromatic N) is 1. The molecule has 0 unspecified atom stereocenters. The third-order valence-corrected chi connectivity index (χ3v) is 5.23. The highest BCUT2D eigenvalue weighted by molar-refractivity contribution is 9.10. The van der Waals surface area contributed by atoms with Crippen molar-refractivity contribution in [1.82, 2.24) is 10.7 Å². The Hall–Kier alpha value is -3.23. The zero-order valence-corrected chi connectivity index (χ0v) is 18.4. The van der Waals surface area contributed by atoms with E-state index in [-0.39, 0.29) is 11.6 Å². The minimum absolute atomic E-state index is 0.0876. The van der Waals surface area contributed by atoms with E-state index in [9.17, 15) is 9.59 Å². The molecule has 0 bridgehead atoms. The van der Waals surface area contributed by atoms with Gasteiger partial charge in [-0.15, -0.1) is 11.3 Å². The number of hydrogen-bond acceptors (Lipinski definition) is 5. The molecular weight excluding hydrogens is 466 g/mol. The molecule has 0 atom stereocenters. The van der Waals surface area contributed by atoms with Gasteiger partial charge in [0.05, 0.1) is 13.3 Å². The van der Waals surface area contributed by atoms with Gasteiger partial charge in [0.1, 0.15) is 11.4 Å². The lowest BCUT2D eigenvalue weighted by molar-refractivity contribution is -0.117. The van der Waals surface area contributed by atoms with Gasteiger partial charge < -0.3 is 10.1 Å². The number of ether oxygens (including phenoxy) is 1. The Balaban J connectivity index is 1.77. The second kappa shape index (κ2) is 10.5. The van der Waals surface area contributed by atoms with E-state index in [1.165, 1.54) is 17.6 Å². The molecule has 0 saturated carbocycles. The number of hydrogen-bond donors (Lipinski definition) is 2. The number of nitrogens with one attached hydrogen (secondary N) is 2. The van der Waals surface area contributed by atoms with Crippen LogP contribution >= 0.6 is 27.3 Å². The molecule has 3 rings (SSSR count). The van der Waals surface area contributed by atoms with Gasteiger partial charge in [-0.25, -0.2) is 5.43 Å². The molecular formula is C22H18BrN3O3S. The Bertz CT molecular complexity index is 1080. The first kappa shape index (κ1) is 21.5. The summed E-state index contributed by atoms with van der Waals surface area (Å²) in [6.45, 7) is 0. The number of amides is 2. The van der Waals surface area contributed by atoms with E-state index in [4.69, 9.17) is 4.74 Å². The van der Waals surface area contributed by atoms with Crippen LogP contribution in [0.5, 0.6) is 5.75 Å². The molecule has 2 amide bonds. The fraction of sp³-hybridized carbons (Fsp3) is 0.0455. The van der Waals surface area contributed by atoms with Crippen molar-refractivity contribution < 1.29 is 14.3 Å². The predicted octanol–water partition coefficient (Wildman–Crippen LogP) is 4.44. The molecule has 30 heavy (non-hydrogen) atoms. The molecule has 0 fully saturated rings. The summed E-state index contributed by atoms with van der Waals surface area (Å²) >= 11 is 4.84. The molecule has 152 valence electrons. The zero-order chi connectivity index (χ0) is 21.3. The number of carbonyl (C=O) groups is 2. The Morgan fingerprint density at radius 2 is 1.90 bits per heavy atom. The van der Waals surface area contributed by atoms with Crippen molar-refractivity contribution in [1.29, 1.82) is 0 Å². The molecule has 2 N–H and O–H groups in total. The number of thiophene rings is 1. The smallest absolute Gasteiger partial charge is 0.287 e. The second-order valence-corrected chi connectivity index (χ2v) is 7.87. The van der Waals surface area contributed by atoms with Crippen LogP contribution in [-0.4, -0.2) is 25.1 Å². The van der Waals surface area contributed by atoms with Crippen molar-refractivity contribution in [3.05, 3.63) is 92.2 Å². The van der Waals surface area contributed by atoms with Crippen molar-refractivity contribution in [3.8, 4) is 5.75 Å². The third kappa shape index (κ3) is 5.88. The molecule has 0 aliphatic carbocycles. The Morgan fingerprint density at radius 3 is 2.60 bits per heavy atom. The van der Waals surface area contributed by atoms with Crippen molar-refractivity contribution in [2.24, 2.45) is 5.10 Å². The molecule has 1 heterocycles. The van der Waals surface area contributed by atoms with Gasteiger partial charge in [0, 0.05) is 20.5 Å². The molecule has 8 heteroatoms. The highest BCUT2D eigenvalue weighted by Gasteiger charge is 2.14. The molecule has 0 aliphatic rings. The summed E-state index contributed by atoms with van der Waals surface area (Å²) in [5.74, 6) is -0.313. The lowest BCUT2D eigenvalue weighted by Crippen LogP contribution is -2.32. The number of halogens is 1. The van der Waals surface area contributed by atoms with E-state index < -0.39 is 5.91 Å². The average molecular weight is 484 g/mol. The van der Waals surface area contributed by atoms with Crippen LogP contribution in [0.4, 0.5) is 0 Å². The summed E-state index contributed by atoms with van der Waals surface area (Å²) in [5.41, 5.74) is 3.67. The quantitative estimate of drug-likeness (QED) is 0.296. The van der Waals surface area contributed by atoms with Crippen molar-refractivity contribution in [3.63, 3.8) is 0 Å². The summed E-state index contributed by atoms with van der Waals surface area (Å²) in [6.07, 6.45) is 3.08. The fourth-order valence-corrected chi connectivity index (χ4v) is 3.52. The van der Waals surface area contributed by atoms with E-state index >= 15 is 0 Å². The van der Waals surface area contributed by atoms with Gasteiger partial charge in [-0.3, -0.25) is 9.59 Å². The summed E-state index contributed by atoms with van der Waals surface area (Å²) in [4.78, 5) is 26.0. The molecule has 0 radical (unpaired) electrons. The number of rotatable bonds is 7. The van der Waals surface area contributed by atoms with Crippen molar-refractivity contribution >= 4 is 51.4 Å². The maximum atomic E-state index is 12.7. The molecule has 0 spiro atoms. The number of hydrazone groups is 1. The Kier molecular flexibility index (Phi) is 7.53. The standard InChI is InChI=1S/C22H18BrN3O3S/c1-29-20-10-9-17(23)12-16(20)14-24-26-22(28)19(13-18-8-5-11-30-18)25-21(27)15-6-3-2-4-7-15/h2-14H,1H3,(H,25,27)(H,26,28)/b19-13+,24-14-. The molecule has 2 aromatic carbocycles. The molecule has 0 saturated heterocycles. The highest BCUT2D eigenvalue weighted by Crippen LogP contribution is 2.21. The van der Waals surface area contributed by atoms with Gasteiger partial charge in [0.15, 0.2) is 0 Å². The first-order valence-electron chi connectivity index (χ1n) is 8.85. The number of benzene rings is 2. The fourth-order valence-electron chi connectivity index (χ4n) is 2.48. The van der Waals surface area contributed by atoms with Crippen LogP contribution in [0.1, 0.15) is 20.8 Å². The summed E-state index contributed by atoms with van der Waals surface area (Å²) < 4.78 is 6.14. The normalized spacial score (nSPS) is 11.3. The van der Waals surface area contributed by atoms with Crippen LogP contribution in [0.2, 0.25) is 0 Å². The Morgan fingerprint density at radius 1 is 1.10 bits per heavy atom. The summed E-state index contributed by atoms with van der Waals surface area (Å²) in [7, 11) is 1.56. The molecule has 0 aliphatic heterocycles. The van der Waals surface area contributed by atoms with Crippen molar-refractivity contribution in [2.75, 3.05) is 7.11 Å². The second-order valence-electron chi connectivity index (χ2n) is 5.98. The molecule has 6 nitrogen and oxygen atoms in total. The van der Waals surface area contributed by atoms with Crippen LogP contribution in [-0.2, 0) is 4.79 Å². The van der Waals surface area contributed by atoms with Gasteiger partial charge in [-0.2, -0.15) is 5.10 Å². The van der Waals surface area contributed by atoms with Gasteiger partial charge >= 0.3 is 0 Å². The van der Waals surface area contributed by atoms with Gasteiger partial charge in [0.2, 0.25) is 0 Å². The highest BCUT2D eigenvalue weighted by atomic mass is 79.9. The largest absolute Gasteiger partial charge is 0.496 e. The van der Waals surface area contributed by atoms with E-state index in [0.717, 1.165) is 9.35 Å². The van der Waals surface area contributed by atoms with E-state index in [0.29, 0.717) is 16.9 Å². The lowest BCUT2D eigenvalue weighted by Gasteiger charge is -2.09. The van der Waals surface area contributed by atoms with Crippen molar-refractivity contribution in [2.45, 2.75) is 0 Å². The number of carbonyl (C=O) groups excluding carboxylic acids is 2. The maximum absolute atomic E-state index is 12.7. The van der Waals surface area contributed by atoms with E-state index in [1.807, 2.05) is 35.7 Å². The third-order valence-electron chi connectivity index (χ3n) is 3.92. The Labute approximate surface area is 186 Å². The van der Waals surface area contributed by atoms with Crippen LogP contribution in [0.25, 0.3) is 6.08 Å². The summed E-state index contributed by atoms with van der Waals surface area (Å²) in [5, 5.41) is 8.56. The number of methoxy groups -OCH3 is 1. The van der Waals surface area contributed by atoms with E-state index in [2.05, 4.69) is 31.8 Å². The maximum Gasteiger partial charge on any atom is 0.287 e. The van der Waals surface area contributed by atoms with E-state index in [1.54, 1.807) is 43.5 Å². The van der Waals surface area contributed by atoms with Crippen LogP contribution in [0.15, 0.2) is 81.3 Å². The van der Waals surface area contributed by atoms with Crippen LogP contribution in [0.3, 0.4) is 0 Å². The van der Waals surface area contributed by atoms with Crippen LogP contribution < -0.4 is 15.5 Å². The minimum Gasteiger partial charge on any atom is -0.496 e. The zero-order valence-electron chi connectivity index (χ0n) is 16.0. The molecule has 3 aromatic rings. The topological polar surface area (TPSA) is 79.8 Å². The van der Waals surface area contributed by atoms with Gasteiger partial charge in [-0.1, -0.05) is 40.2 Å². The molecule has 1 aromatic heterocycles. The first-order chi connectivity index (χ1) is 14.6. The van der Waals surface area contributed by atoms with Crippen LogP contribution in [0, 0.1) is 0 Å². The van der Waals surface area contributed by atoms with Gasteiger partial charge in [-0.05, 0) is 47.9 Å². The van der Waals surface area contributed by atoms with Gasteiger partial charge in [0.25, 0.3) is 11.8 Å². The monoisotopic (exact) mass is 483 g/mol. The lowest BCUT2D eigenvalue weighted by atomic mass is 10.2.